The van der Waals surface area contributed by atoms with E-state index in [1.807, 2.05) is 18.2 Å². The van der Waals surface area contributed by atoms with Crippen molar-refractivity contribution in [3.05, 3.63) is 200 Å². The van der Waals surface area contributed by atoms with Crippen molar-refractivity contribution in [2.75, 3.05) is 0 Å². The predicted molar refractivity (Wildman–Crippen MR) is 253 cm³/mol. The lowest BCUT2D eigenvalue weighted by molar-refractivity contribution is 1.18. The molecule has 0 bridgehead atoms. The fourth-order valence-corrected chi connectivity index (χ4v) is 9.03. The SMILES string of the molecule is [B]c1c(-c2ccc3c(c2)c2ccccc2n3-c2ccccc2)c([B])c2c3ccc(-c4ccccc4)cc3n(-c3ccc(-c4cccc(-c5ccccc5)c4)cc3)c2c1[B]. The van der Waals surface area contributed by atoms with Crippen molar-refractivity contribution in [2.45, 2.75) is 0 Å². The maximum atomic E-state index is 7.39. The summed E-state index contributed by atoms with van der Waals surface area (Å²) >= 11 is 0. The van der Waals surface area contributed by atoms with Gasteiger partial charge in [-0.3, -0.25) is 0 Å². The molecule has 2 nitrogen and oxygen atoms in total. The summed E-state index contributed by atoms with van der Waals surface area (Å²) in [6.45, 7) is 0. The highest BCUT2D eigenvalue weighted by Crippen LogP contribution is 2.38. The summed E-state index contributed by atoms with van der Waals surface area (Å²) in [6, 6.07) is 70.3. The van der Waals surface area contributed by atoms with Crippen LogP contribution in [0.25, 0.3) is 99.5 Å². The minimum Gasteiger partial charge on any atom is -0.310 e. The second-order valence-corrected chi connectivity index (χ2v) is 15.2. The minimum atomic E-state index is 0.461. The van der Waals surface area contributed by atoms with Crippen LogP contribution in [0.4, 0.5) is 0 Å². The largest absolute Gasteiger partial charge is 0.310 e. The lowest BCUT2D eigenvalue weighted by Gasteiger charge is -2.19. The topological polar surface area (TPSA) is 9.86 Å². The molecular formula is C54H33B3N2. The van der Waals surface area contributed by atoms with Gasteiger partial charge in [0, 0.05) is 38.4 Å². The number of fused-ring (bicyclic) bond motifs is 6. The van der Waals surface area contributed by atoms with Crippen molar-refractivity contribution in [3.8, 4) is 55.9 Å². The molecule has 5 heteroatoms. The average Bonchev–Trinajstić information content (AvgIpc) is 3.82. The number of benzene rings is 9. The average molecular weight is 742 g/mol. The van der Waals surface area contributed by atoms with E-state index in [0.717, 1.165) is 88.4 Å². The van der Waals surface area contributed by atoms with Gasteiger partial charge in [-0.15, -0.1) is 0 Å². The molecule has 0 aliphatic carbocycles. The molecule has 0 N–H and O–H groups in total. The fraction of sp³-hybridized carbons (Fsp3) is 0. The van der Waals surface area contributed by atoms with Gasteiger partial charge in [0.15, 0.2) is 0 Å². The van der Waals surface area contributed by atoms with E-state index in [1.54, 1.807) is 0 Å². The number of nitrogens with zero attached hydrogens (tertiary/aromatic N) is 2. The van der Waals surface area contributed by atoms with Crippen LogP contribution >= 0.6 is 0 Å². The molecule has 0 saturated heterocycles. The Balaban J connectivity index is 1.12. The molecule has 9 aromatic carbocycles. The van der Waals surface area contributed by atoms with Gasteiger partial charge in [-0.2, -0.15) is 0 Å². The Hall–Kier alpha value is -7.23. The van der Waals surface area contributed by atoms with E-state index in [0.29, 0.717) is 16.4 Å². The molecule has 59 heavy (non-hydrogen) atoms. The standard InChI is InChI=1S/C54H33B3N2/c55-51-49(40-26-30-47-45(32-40)43-21-10-11-22-46(43)58(47)41-19-8-3-9-20-41)52(56)53(57)54-50(51)44-29-25-39(35-15-6-2-7-16-35)33-48(44)59(54)42-27-23-36(24-28-42)38-18-12-17-37(31-38)34-13-4-1-5-14-34/h1-33H. The van der Waals surface area contributed by atoms with Crippen LogP contribution in [0.1, 0.15) is 0 Å². The van der Waals surface area contributed by atoms with Crippen molar-refractivity contribution in [1.82, 2.24) is 9.13 Å². The first-order valence-electron chi connectivity index (χ1n) is 19.9. The van der Waals surface area contributed by atoms with E-state index < -0.39 is 0 Å². The van der Waals surface area contributed by atoms with Gasteiger partial charge in [-0.1, -0.05) is 162 Å². The smallest absolute Gasteiger partial charge is 0.115 e. The van der Waals surface area contributed by atoms with Crippen LogP contribution in [0, 0.1) is 0 Å². The maximum Gasteiger partial charge on any atom is 0.115 e. The van der Waals surface area contributed by atoms with Crippen LogP contribution in [-0.4, -0.2) is 32.7 Å². The summed E-state index contributed by atoms with van der Waals surface area (Å²) in [5.41, 5.74) is 16.2. The summed E-state index contributed by atoms with van der Waals surface area (Å²) < 4.78 is 4.53. The quantitative estimate of drug-likeness (QED) is 0.150. The van der Waals surface area contributed by atoms with Crippen LogP contribution < -0.4 is 16.4 Å². The Kier molecular flexibility index (Phi) is 8.30. The van der Waals surface area contributed by atoms with Crippen LogP contribution in [0.2, 0.25) is 0 Å². The Bertz CT molecular complexity index is 3390. The third kappa shape index (κ3) is 5.68. The molecule has 11 rings (SSSR count). The zero-order valence-corrected chi connectivity index (χ0v) is 32.2. The molecule has 0 spiro atoms. The van der Waals surface area contributed by atoms with Crippen LogP contribution in [-0.2, 0) is 0 Å². The monoisotopic (exact) mass is 742 g/mol. The molecule has 0 amide bonds. The first-order chi connectivity index (χ1) is 29.0. The van der Waals surface area contributed by atoms with Gasteiger partial charge < -0.3 is 9.13 Å². The lowest BCUT2D eigenvalue weighted by Crippen LogP contribution is -2.35. The number of hydrogen-bond acceptors (Lipinski definition) is 0. The van der Waals surface area contributed by atoms with Crippen molar-refractivity contribution < 1.29 is 0 Å². The molecule has 0 saturated carbocycles. The highest BCUT2D eigenvalue weighted by molar-refractivity contribution is 6.60. The van der Waals surface area contributed by atoms with Gasteiger partial charge in [0.1, 0.15) is 23.5 Å². The van der Waals surface area contributed by atoms with Crippen molar-refractivity contribution in [3.63, 3.8) is 0 Å². The normalized spacial score (nSPS) is 11.6. The number of para-hydroxylation sites is 2. The second kappa shape index (κ2) is 14.0. The molecule has 11 aromatic rings. The van der Waals surface area contributed by atoms with E-state index in [9.17, 15) is 0 Å². The molecule has 0 aliphatic rings. The maximum absolute atomic E-state index is 7.39. The van der Waals surface area contributed by atoms with E-state index in [-0.39, 0.29) is 0 Å². The Morgan fingerprint density at radius 2 is 0.814 bits per heavy atom. The molecule has 268 valence electrons. The number of rotatable bonds is 6. The van der Waals surface area contributed by atoms with E-state index >= 15 is 0 Å². The predicted octanol–water partition coefficient (Wildman–Crippen LogP) is 10.9. The zero-order chi connectivity index (χ0) is 39.6. The molecular weight excluding hydrogens is 709 g/mol. The molecule has 2 heterocycles. The van der Waals surface area contributed by atoms with Crippen LogP contribution in [0.3, 0.4) is 0 Å². The first kappa shape index (κ1) is 35.0. The lowest BCUT2D eigenvalue weighted by atomic mass is 9.69. The zero-order valence-electron chi connectivity index (χ0n) is 32.2. The molecule has 6 radical (unpaired) electrons. The Morgan fingerprint density at radius 1 is 0.288 bits per heavy atom. The molecule has 0 aliphatic heterocycles. The number of hydrogen-bond donors (Lipinski definition) is 0. The van der Waals surface area contributed by atoms with Gasteiger partial charge in [0.05, 0.1) is 16.6 Å². The number of aromatic nitrogens is 2. The third-order valence-corrected chi connectivity index (χ3v) is 11.8. The summed E-state index contributed by atoms with van der Waals surface area (Å²) in [6.07, 6.45) is 0. The van der Waals surface area contributed by atoms with Gasteiger partial charge in [0.2, 0.25) is 0 Å². The van der Waals surface area contributed by atoms with E-state index in [4.69, 9.17) is 23.5 Å². The molecule has 0 unspecified atom stereocenters. The first-order valence-corrected chi connectivity index (χ1v) is 19.9. The van der Waals surface area contributed by atoms with E-state index in [1.165, 1.54) is 11.1 Å². The Labute approximate surface area is 347 Å². The van der Waals surface area contributed by atoms with Crippen molar-refractivity contribution in [1.29, 1.82) is 0 Å². The second-order valence-electron chi connectivity index (χ2n) is 15.2. The summed E-state index contributed by atoms with van der Waals surface area (Å²) in [5, 5.41) is 4.16. The highest BCUT2D eigenvalue weighted by atomic mass is 15.0. The summed E-state index contributed by atoms with van der Waals surface area (Å²) in [5.74, 6) is 0. The van der Waals surface area contributed by atoms with Gasteiger partial charge in [-0.25, -0.2) is 0 Å². The van der Waals surface area contributed by atoms with E-state index in [2.05, 4.69) is 191 Å². The molecule has 0 atom stereocenters. The fourth-order valence-electron chi connectivity index (χ4n) is 9.03. The highest BCUT2D eigenvalue weighted by Gasteiger charge is 2.22. The van der Waals surface area contributed by atoms with Crippen molar-refractivity contribution in [2.24, 2.45) is 0 Å². The van der Waals surface area contributed by atoms with Crippen LogP contribution in [0.15, 0.2) is 200 Å². The van der Waals surface area contributed by atoms with Gasteiger partial charge in [-0.05, 0) is 99.1 Å². The van der Waals surface area contributed by atoms with Gasteiger partial charge >= 0.3 is 0 Å². The summed E-state index contributed by atoms with van der Waals surface area (Å²) in [4.78, 5) is 0. The summed E-state index contributed by atoms with van der Waals surface area (Å²) in [7, 11) is 21.8. The minimum absolute atomic E-state index is 0.461. The van der Waals surface area contributed by atoms with Gasteiger partial charge in [0.25, 0.3) is 0 Å². The Morgan fingerprint density at radius 3 is 1.51 bits per heavy atom. The van der Waals surface area contributed by atoms with Crippen LogP contribution in [0.5, 0.6) is 0 Å². The third-order valence-electron chi connectivity index (χ3n) is 11.8. The molecule has 0 fully saturated rings. The van der Waals surface area contributed by atoms with Crippen molar-refractivity contribution >= 4 is 83.5 Å². The molecule has 2 aromatic heterocycles.